The Labute approximate surface area is 111 Å². The molecule has 0 aromatic carbocycles. The molecule has 5 heteroatoms. The molecule has 1 aromatic heterocycles. The predicted molar refractivity (Wildman–Crippen MR) is 73.6 cm³/mol. The standard InChI is InChI=1S/C12H22BrN3O/c1-15-11-14-16(12(15)17)10-8-6-4-2-3-5-7-9-13/h11H,2-10H2,1H3. The van der Waals surface area contributed by atoms with Crippen molar-refractivity contribution in [1.82, 2.24) is 14.3 Å². The van der Waals surface area contributed by atoms with Crippen LogP contribution in [0.2, 0.25) is 0 Å². The van der Waals surface area contributed by atoms with Gasteiger partial charge in [-0.25, -0.2) is 9.48 Å². The van der Waals surface area contributed by atoms with Gasteiger partial charge in [-0.1, -0.05) is 48.0 Å². The van der Waals surface area contributed by atoms with Crippen LogP contribution in [-0.4, -0.2) is 19.7 Å². The maximum absolute atomic E-state index is 11.5. The number of aryl methyl sites for hydroxylation is 2. The molecule has 1 rings (SSSR count). The Morgan fingerprint density at radius 3 is 2.24 bits per heavy atom. The topological polar surface area (TPSA) is 39.8 Å². The van der Waals surface area contributed by atoms with Crippen LogP contribution in [0, 0.1) is 0 Å². The number of hydrogen-bond donors (Lipinski definition) is 0. The molecule has 17 heavy (non-hydrogen) atoms. The lowest BCUT2D eigenvalue weighted by Gasteiger charge is -2.01. The minimum atomic E-state index is -0.0117. The van der Waals surface area contributed by atoms with Crippen molar-refractivity contribution in [2.75, 3.05) is 5.33 Å². The lowest BCUT2D eigenvalue weighted by molar-refractivity contribution is 0.510. The van der Waals surface area contributed by atoms with Gasteiger partial charge in [0, 0.05) is 18.9 Å². The van der Waals surface area contributed by atoms with E-state index in [1.54, 1.807) is 18.1 Å². The molecule has 0 unspecified atom stereocenters. The number of aromatic nitrogens is 3. The summed E-state index contributed by atoms with van der Waals surface area (Å²) in [4.78, 5) is 11.5. The highest BCUT2D eigenvalue weighted by Gasteiger charge is 2.00. The monoisotopic (exact) mass is 303 g/mol. The van der Waals surface area contributed by atoms with Gasteiger partial charge in [0.25, 0.3) is 0 Å². The zero-order chi connectivity index (χ0) is 12.5. The molecule has 0 atom stereocenters. The Hall–Kier alpha value is -0.580. The Balaban J connectivity index is 2.01. The average Bonchev–Trinajstić information content (AvgIpc) is 2.64. The first-order valence-electron chi connectivity index (χ1n) is 6.40. The number of unbranched alkanes of at least 4 members (excludes halogenated alkanes) is 6. The van der Waals surface area contributed by atoms with E-state index in [-0.39, 0.29) is 5.69 Å². The molecule has 98 valence electrons. The Morgan fingerprint density at radius 1 is 1.12 bits per heavy atom. The third kappa shape index (κ3) is 5.52. The lowest BCUT2D eigenvalue weighted by Crippen LogP contribution is -2.22. The fraction of sp³-hybridized carbons (Fsp3) is 0.833. The highest BCUT2D eigenvalue weighted by molar-refractivity contribution is 9.09. The normalized spacial score (nSPS) is 10.9. The van der Waals surface area contributed by atoms with Crippen molar-refractivity contribution in [2.45, 2.75) is 51.5 Å². The van der Waals surface area contributed by atoms with Crippen molar-refractivity contribution in [3.05, 3.63) is 16.8 Å². The Bertz CT molecular complexity index is 359. The summed E-state index contributed by atoms with van der Waals surface area (Å²) < 4.78 is 3.06. The van der Waals surface area contributed by atoms with Gasteiger partial charge >= 0.3 is 5.69 Å². The second-order valence-corrected chi connectivity index (χ2v) is 5.20. The van der Waals surface area contributed by atoms with Crippen molar-refractivity contribution in [3.63, 3.8) is 0 Å². The van der Waals surface area contributed by atoms with Crippen LogP contribution < -0.4 is 5.69 Å². The van der Waals surface area contributed by atoms with Crippen LogP contribution in [-0.2, 0) is 13.6 Å². The van der Waals surface area contributed by atoms with E-state index < -0.39 is 0 Å². The Morgan fingerprint density at radius 2 is 1.71 bits per heavy atom. The fourth-order valence-electron chi connectivity index (χ4n) is 1.81. The lowest BCUT2D eigenvalue weighted by atomic mass is 10.1. The van der Waals surface area contributed by atoms with Crippen LogP contribution >= 0.6 is 15.9 Å². The van der Waals surface area contributed by atoms with Crippen LogP contribution in [0.15, 0.2) is 11.1 Å². The van der Waals surface area contributed by atoms with Crippen LogP contribution in [0.3, 0.4) is 0 Å². The molecule has 0 spiro atoms. The first-order valence-corrected chi connectivity index (χ1v) is 7.52. The van der Waals surface area contributed by atoms with E-state index >= 15 is 0 Å². The number of nitrogens with zero attached hydrogens (tertiary/aromatic N) is 3. The van der Waals surface area contributed by atoms with Gasteiger partial charge in [0.2, 0.25) is 0 Å². The SMILES string of the molecule is Cn1cnn(CCCCCCCCCBr)c1=O. The summed E-state index contributed by atoms with van der Waals surface area (Å²) in [7, 11) is 1.73. The maximum Gasteiger partial charge on any atom is 0.345 e. The number of rotatable bonds is 9. The van der Waals surface area contributed by atoms with Gasteiger partial charge in [0.1, 0.15) is 6.33 Å². The minimum absolute atomic E-state index is 0.0117. The largest absolute Gasteiger partial charge is 0.345 e. The van der Waals surface area contributed by atoms with E-state index in [4.69, 9.17) is 0 Å². The molecular formula is C12H22BrN3O. The first kappa shape index (κ1) is 14.5. The molecule has 0 aliphatic carbocycles. The molecule has 0 saturated heterocycles. The molecule has 1 aromatic rings. The summed E-state index contributed by atoms with van der Waals surface area (Å²) in [5, 5.41) is 5.16. The highest BCUT2D eigenvalue weighted by atomic mass is 79.9. The van der Waals surface area contributed by atoms with Crippen molar-refractivity contribution in [2.24, 2.45) is 7.05 Å². The molecule has 0 amide bonds. The van der Waals surface area contributed by atoms with Crippen LogP contribution in [0.1, 0.15) is 44.9 Å². The third-order valence-corrected chi connectivity index (χ3v) is 3.45. The first-order chi connectivity index (χ1) is 8.25. The van der Waals surface area contributed by atoms with Crippen molar-refractivity contribution in [1.29, 1.82) is 0 Å². The molecule has 0 saturated carbocycles. The van der Waals surface area contributed by atoms with E-state index in [1.165, 1.54) is 43.1 Å². The van der Waals surface area contributed by atoms with Crippen LogP contribution in [0.5, 0.6) is 0 Å². The predicted octanol–water partition coefficient (Wildman–Crippen LogP) is 2.71. The van der Waals surface area contributed by atoms with E-state index in [0.29, 0.717) is 0 Å². The molecule has 0 aliphatic heterocycles. The molecule has 0 bridgehead atoms. The molecule has 0 radical (unpaired) electrons. The summed E-state index contributed by atoms with van der Waals surface area (Å²) in [6.07, 6.45) is 10.3. The summed E-state index contributed by atoms with van der Waals surface area (Å²) in [5.74, 6) is 0. The van der Waals surface area contributed by atoms with Gasteiger partial charge in [0.05, 0.1) is 0 Å². The van der Waals surface area contributed by atoms with Crippen molar-refractivity contribution >= 4 is 15.9 Å². The summed E-state index contributed by atoms with van der Waals surface area (Å²) >= 11 is 3.44. The average molecular weight is 304 g/mol. The van der Waals surface area contributed by atoms with Gasteiger partial charge in [-0.05, 0) is 12.8 Å². The van der Waals surface area contributed by atoms with E-state index in [1.807, 2.05) is 0 Å². The summed E-state index contributed by atoms with van der Waals surface area (Å²) in [5.41, 5.74) is -0.0117. The zero-order valence-corrected chi connectivity index (χ0v) is 12.2. The molecule has 0 fully saturated rings. The molecule has 0 N–H and O–H groups in total. The van der Waals surface area contributed by atoms with E-state index in [9.17, 15) is 4.79 Å². The smallest absolute Gasteiger partial charge is 0.285 e. The second kappa shape index (κ2) is 8.50. The van der Waals surface area contributed by atoms with Gasteiger partial charge in [-0.2, -0.15) is 5.10 Å². The van der Waals surface area contributed by atoms with Crippen LogP contribution in [0.25, 0.3) is 0 Å². The maximum atomic E-state index is 11.5. The number of alkyl halides is 1. The quantitative estimate of drug-likeness (QED) is 0.520. The fourth-order valence-corrected chi connectivity index (χ4v) is 2.21. The highest BCUT2D eigenvalue weighted by Crippen LogP contribution is 2.08. The van der Waals surface area contributed by atoms with E-state index in [2.05, 4.69) is 21.0 Å². The Kier molecular flexibility index (Phi) is 7.24. The molecule has 4 nitrogen and oxygen atoms in total. The van der Waals surface area contributed by atoms with Crippen molar-refractivity contribution < 1.29 is 0 Å². The van der Waals surface area contributed by atoms with Gasteiger partial charge in [0.15, 0.2) is 0 Å². The second-order valence-electron chi connectivity index (χ2n) is 4.41. The summed E-state index contributed by atoms with van der Waals surface area (Å²) in [6.45, 7) is 0.751. The van der Waals surface area contributed by atoms with Gasteiger partial charge in [-0.15, -0.1) is 0 Å². The molecule has 0 aliphatic rings. The number of halogens is 1. The van der Waals surface area contributed by atoms with Crippen LogP contribution in [0.4, 0.5) is 0 Å². The number of hydrogen-bond acceptors (Lipinski definition) is 2. The zero-order valence-electron chi connectivity index (χ0n) is 10.6. The minimum Gasteiger partial charge on any atom is -0.285 e. The van der Waals surface area contributed by atoms with Crippen molar-refractivity contribution in [3.8, 4) is 0 Å². The van der Waals surface area contributed by atoms with E-state index in [0.717, 1.165) is 18.3 Å². The molecular weight excluding hydrogens is 282 g/mol. The third-order valence-electron chi connectivity index (χ3n) is 2.89. The summed E-state index contributed by atoms with van der Waals surface area (Å²) in [6, 6.07) is 0. The van der Waals surface area contributed by atoms with Gasteiger partial charge < -0.3 is 0 Å². The molecule has 1 heterocycles. The van der Waals surface area contributed by atoms with Gasteiger partial charge in [-0.3, -0.25) is 4.57 Å².